The van der Waals surface area contributed by atoms with Gasteiger partial charge >= 0.3 is 0 Å². The normalized spacial score (nSPS) is 32.5. The number of nitrogens with one attached hydrogen (secondary N) is 1. The van der Waals surface area contributed by atoms with Gasteiger partial charge in [-0.25, -0.2) is 0 Å². The molecule has 2 nitrogen and oxygen atoms in total. The monoisotopic (exact) mass is 169 g/mol. The largest absolute Gasteiger partial charge is 0.369 e. The lowest BCUT2D eigenvalue weighted by Crippen LogP contribution is -2.42. The summed E-state index contributed by atoms with van der Waals surface area (Å²) < 4.78 is 6.14. The van der Waals surface area contributed by atoms with Gasteiger partial charge in [0, 0.05) is 0 Å². The quantitative estimate of drug-likeness (QED) is 0.596. The molecule has 2 aliphatic rings. The van der Waals surface area contributed by atoms with Gasteiger partial charge in [-0.05, 0) is 52.6 Å². The van der Waals surface area contributed by atoms with Crippen molar-refractivity contribution in [2.45, 2.75) is 50.7 Å². The summed E-state index contributed by atoms with van der Waals surface area (Å²) in [5.41, 5.74) is 0.381. The lowest BCUT2D eigenvalue weighted by Gasteiger charge is -2.35. The zero-order chi connectivity index (χ0) is 8.66. The van der Waals surface area contributed by atoms with E-state index in [4.69, 9.17) is 4.74 Å². The molecule has 1 spiro atoms. The molecule has 0 aromatic heterocycles. The van der Waals surface area contributed by atoms with Gasteiger partial charge in [-0.1, -0.05) is 0 Å². The zero-order valence-corrected chi connectivity index (χ0v) is 8.15. The minimum absolute atomic E-state index is 0.136. The summed E-state index contributed by atoms with van der Waals surface area (Å²) in [4.78, 5) is 0. The van der Waals surface area contributed by atoms with Gasteiger partial charge in [-0.15, -0.1) is 0 Å². The van der Waals surface area contributed by atoms with Crippen molar-refractivity contribution in [3.05, 3.63) is 0 Å². The van der Waals surface area contributed by atoms with Gasteiger partial charge in [-0.3, -0.25) is 0 Å². The van der Waals surface area contributed by atoms with E-state index in [0.717, 1.165) is 13.1 Å². The highest BCUT2D eigenvalue weighted by Gasteiger charge is 2.44. The molecule has 12 heavy (non-hydrogen) atoms. The van der Waals surface area contributed by atoms with Crippen molar-refractivity contribution in [2.24, 2.45) is 0 Å². The highest BCUT2D eigenvalue weighted by Crippen LogP contribution is 2.42. The van der Waals surface area contributed by atoms with Gasteiger partial charge in [0.05, 0.1) is 11.2 Å². The summed E-state index contributed by atoms with van der Waals surface area (Å²) >= 11 is 0. The molecular formula is C10H19NO. The number of hydrogen-bond donors (Lipinski definition) is 1. The standard InChI is InChI=1S/C10H19NO/c1-9(2)3-4-10(12-9)5-7-11-8-6-10/h11H,3-8H2,1-2H3. The van der Waals surface area contributed by atoms with Gasteiger partial charge in [0.2, 0.25) is 0 Å². The van der Waals surface area contributed by atoms with Crippen LogP contribution in [0.4, 0.5) is 0 Å². The van der Waals surface area contributed by atoms with Crippen molar-refractivity contribution < 1.29 is 4.74 Å². The van der Waals surface area contributed by atoms with Crippen LogP contribution in [0, 0.1) is 0 Å². The second kappa shape index (κ2) is 2.71. The average Bonchev–Trinajstić information content (AvgIpc) is 2.29. The van der Waals surface area contributed by atoms with Crippen LogP contribution in [0.5, 0.6) is 0 Å². The van der Waals surface area contributed by atoms with Crippen LogP contribution in [0.25, 0.3) is 0 Å². The van der Waals surface area contributed by atoms with Gasteiger partial charge in [0.1, 0.15) is 0 Å². The number of piperidine rings is 1. The minimum Gasteiger partial charge on any atom is -0.369 e. The van der Waals surface area contributed by atoms with E-state index < -0.39 is 0 Å². The molecule has 1 N–H and O–H groups in total. The van der Waals surface area contributed by atoms with Crippen LogP contribution >= 0.6 is 0 Å². The van der Waals surface area contributed by atoms with Gasteiger partial charge in [0.25, 0.3) is 0 Å². The molecule has 0 bridgehead atoms. The SMILES string of the molecule is CC1(C)CCC2(CCNCC2)O1. The molecule has 0 saturated carbocycles. The Kier molecular flexibility index (Phi) is 1.92. The Labute approximate surface area is 74.7 Å². The third-order valence-electron chi connectivity index (χ3n) is 3.19. The van der Waals surface area contributed by atoms with E-state index >= 15 is 0 Å². The van der Waals surface area contributed by atoms with E-state index in [1.54, 1.807) is 0 Å². The third kappa shape index (κ3) is 1.50. The van der Waals surface area contributed by atoms with Gasteiger partial charge in [-0.2, -0.15) is 0 Å². The van der Waals surface area contributed by atoms with Gasteiger partial charge < -0.3 is 10.1 Å². The fourth-order valence-electron chi connectivity index (χ4n) is 2.45. The molecule has 0 aromatic carbocycles. The Morgan fingerprint density at radius 1 is 1.00 bits per heavy atom. The molecule has 70 valence electrons. The van der Waals surface area contributed by atoms with E-state index in [1.165, 1.54) is 25.7 Å². The molecule has 2 heteroatoms. The maximum Gasteiger partial charge on any atom is 0.0715 e. The first-order chi connectivity index (χ1) is 5.62. The molecule has 0 aromatic rings. The highest BCUT2D eigenvalue weighted by molar-refractivity contribution is 4.95. The van der Waals surface area contributed by atoms with Crippen LogP contribution in [0.15, 0.2) is 0 Å². The van der Waals surface area contributed by atoms with Gasteiger partial charge in [0.15, 0.2) is 0 Å². The van der Waals surface area contributed by atoms with E-state index in [-0.39, 0.29) is 11.2 Å². The van der Waals surface area contributed by atoms with Crippen molar-refractivity contribution in [3.63, 3.8) is 0 Å². The second-order valence-electron chi connectivity index (χ2n) is 4.79. The van der Waals surface area contributed by atoms with Crippen molar-refractivity contribution >= 4 is 0 Å². The Balaban J connectivity index is 2.03. The van der Waals surface area contributed by atoms with Crippen LogP contribution < -0.4 is 5.32 Å². The summed E-state index contributed by atoms with van der Waals surface area (Å²) in [5, 5.41) is 3.38. The minimum atomic E-state index is 0.136. The Morgan fingerprint density at radius 3 is 2.17 bits per heavy atom. The fourth-order valence-corrected chi connectivity index (χ4v) is 2.45. The van der Waals surface area contributed by atoms with Crippen molar-refractivity contribution in [1.29, 1.82) is 0 Å². The zero-order valence-electron chi connectivity index (χ0n) is 8.15. The Bertz CT molecular complexity index is 171. The predicted molar refractivity (Wildman–Crippen MR) is 49.2 cm³/mol. The number of rotatable bonds is 0. The Hall–Kier alpha value is -0.0800. The summed E-state index contributed by atoms with van der Waals surface area (Å²) in [5.74, 6) is 0. The van der Waals surface area contributed by atoms with E-state index in [1.807, 2.05) is 0 Å². The first kappa shape index (κ1) is 8.52. The predicted octanol–water partition coefficient (Wildman–Crippen LogP) is 1.70. The molecule has 2 aliphatic heterocycles. The molecule has 0 unspecified atom stereocenters. The summed E-state index contributed by atoms with van der Waals surface area (Å²) in [6.45, 7) is 6.69. The van der Waals surface area contributed by atoms with E-state index in [9.17, 15) is 0 Å². The lowest BCUT2D eigenvalue weighted by atomic mass is 9.89. The van der Waals surface area contributed by atoms with Crippen molar-refractivity contribution in [1.82, 2.24) is 5.32 Å². The van der Waals surface area contributed by atoms with Crippen LogP contribution in [0.1, 0.15) is 39.5 Å². The molecule has 0 atom stereocenters. The van der Waals surface area contributed by atoms with Crippen molar-refractivity contribution in [2.75, 3.05) is 13.1 Å². The molecule has 2 saturated heterocycles. The Morgan fingerprint density at radius 2 is 1.67 bits per heavy atom. The maximum atomic E-state index is 6.14. The van der Waals surface area contributed by atoms with Crippen LogP contribution in [0.2, 0.25) is 0 Å². The molecule has 2 fully saturated rings. The molecule has 2 heterocycles. The van der Waals surface area contributed by atoms with Crippen LogP contribution in [-0.4, -0.2) is 24.3 Å². The topological polar surface area (TPSA) is 21.3 Å². The number of ether oxygens (including phenoxy) is 1. The average molecular weight is 169 g/mol. The van der Waals surface area contributed by atoms with E-state index in [0.29, 0.717) is 0 Å². The first-order valence-corrected chi connectivity index (χ1v) is 5.03. The number of hydrogen-bond acceptors (Lipinski definition) is 2. The molecule has 0 amide bonds. The third-order valence-corrected chi connectivity index (χ3v) is 3.19. The highest BCUT2D eigenvalue weighted by atomic mass is 16.5. The van der Waals surface area contributed by atoms with Crippen molar-refractivity contribution in [3.8, 4) is 0 Å². The summed E-state index contributed by atoms with van der Waals surface area (Å²) in [7, 11) is 0. The molecule has 0 aliphatic carbocycles. The molecule has 0 radical (unpaired) electrons. The van der Waals surface area contributed by atoms with Crippen LogP contribution in [-0.2, 0) is 4.74 Å². The molecular weight excluding hydrogens is 150 g/mol. The summed E-state index contributed by atoms with van der Waals surface area (Å²) in [6.07, 6.45) is 4.90. The summed E-state index contributed by atoms with van der Waals surface area (Å²) in [6, 6.07) is 0. The first-order valence-electron chi connectivity index (χ1n) is 5.03. The second-order valence-corrected chi connectivity index (χ2v) is 4.79. The maximum absolute atomic E-state index is 6.14. The van der Waals surface area contributed by atoms with E-state index in [2.05, 4.69) is 19.2 Å². The molecule has 2 rings (SSSR count). The lowest BCUT2D eigenvalue weighted by molar-refractivity contribution is -0.0992. The van der Waals surface area contributed by atoms with Crippen LogP contribution in [0.3, 0.4) is 0 Å². The smallest absolute Gasteiger partial charge is 0.0715 e. The fraction of sp³-hybridized carbons (Fsp3) is 1.00.